The molecule has 120 valence electrons. The van der Waals surface area contributed by atoms with Crippen LogP contribution >= 0.6 is 0 Å². The van der Waals surface area contributed by atoms with Gasteiger partial charge >= 0.3 is 0 Å². The zero-order chi connectivity index (χ0) is 16.9. The van der Waals surface area contributed by atoms with Gasteiger partial charge in [-0.3, -0.25) is 0 Å². The highest BCUT2D eigenvalue weighted by atomic mass is 19.1. The number of ether oxygens (including phenoxy) is 1. The van der Waals surface area contributed by atoms with Gasteiger partial charge in [-0.25, -0.2) is 8.78 Å². The van der Waals surface area contributed by atoms with Crippen molar-refractivity contribution in [3.63, 3.8) is 0 Å². The molecule has 0 fully saturated rings. The van der Waals surface area contributed by atoms with Crippen molar-refractivity contribution in [2.75, 3.05) is 7.11 Å². The van der Waals surface area contributed by atoms with Crippen molar-refractivity contribution in [3.05, 3.63) is 101 Å². The molecule has 0 radical (unpaired) electrons. The van der Waals surface area contributed by atoms with E-state index in [1.165, 1.54) is 12.1 Å². The molecule has 0 unspecified atom stereocenters. The first-order valence-electron chi connectivity index (χ1n) is 7.54. The highest BCUT2D eigenvalue weighted by Gasteiger charge is 2.12. The zero-order valence-electron chi connectivity index (χ0n) is 13.2. The number of benzene rings is 3. The maximum Gasteiger partial charge on any atom is 0.131 e. The van der Waals surface area contributed by atoms with Gasteiger partial charge in [0.05, 0.1) is 7.11 Å². The summed E-state index contributed by atoms with van der Waals surface area (Å²) in [6.45, 7) is 0. The molecule has 3 rings (SSSR count). The van der Waals surface area contributed by atoms with Crippen molar-refractivity contribution in [2.24, 2.45) is 0 Å². The molecule has 0 amide bonds. The fraction of sp³-hybridized carbons (Fsp3) is 0.0476. The van der Waals surface area contributed by atoms with Gasteiger partial charge in [-0.2, -0.15) is 0 Å². The number of rotatable bonds is 4. The van der Waals surface area contributed by atoms with E-state index in [1.54, 1.807) is 55.7 Å². The van der Waals surface area contributed by atoms with Crippen LogP contribution in [-0.2, 0) is 0 Å². The van der Waals surface area contributed by atoms with E-state index in [0.29, 0.717) is 22.4 Å². The van der Waals surface area contributed by atoms with E-state index in [1.807, 2.05) is 18.2 Å². The van der Waals surface area contributed by atoms with Crippen molar-refractivity contribution in [1.82, 2.24) is 0 Å². The van der Waals surface area contributed by atoms with Gasteiger partial charge in [0.25, 0.3) is 0 Å². The third kappa shape index (κ3) is 3.35. The fourth-order valence-corrected chi connectivity index (χ4v) is 2.53. The molecule has 0 bridgehead atoms. The minimum absolute atomic E-state index is 0.353. The smallest absolute Gasteiger partial charge is 0.131 e. The number of methoxy groups -OCH3 is 1. The lowest BCUT2D eigenvalue weighted by atomic mass is 9.95. The summed E-state index contributed by atoms with van der Waals surface area (Å²) in [5, 5.41) is 0. The van der Waals surface area contributed by atoms with Crippen LogP contribution in [0.3, 0.4) is 0 Å². The Bertz CT molecular complexity index is 884. The van der Waals surface area contributed by atoms with E-state index in [9.17, 15) is 8.78 Å². The zero-order valence-corrected chi connectivity index (χ0v) is 13.2. The lowest BCUT2D eigenvalue weighted by Gasteiger charge is -2.12. The second-order valence-electron chi connectivity index (χ2n) is 5.29. The van der Waals surface area contributed by atoms with Gasteiger partial charge in [0.2, 0.25) is 0 Å². The minimum atomic E-state index is -0.358. The molecule has 0 N–H and O–H groups in total. The van der Waals surface area contributed by atoms with E-state index >= 15 is 0 Å². The first-order valence-corrected chi connectivity index (χ1v) is 7.54. The van der Waals surface area contributed by atoms with E-state index in [4.69, 9.17) is 4.74 Å². The molecule has 0 saturated carbocycles. The second kappa shape index (κ2) is 7.09. The van der Waals surface area contributed by atoms with E-state index in [2.05, 4.69) is 0 Å². The third-order valence-corrected chi connectivity index (χ3v) is 3.75. The van der Waals surface area contributed by atoms with Crippen LogP contribution in [0.2, 0.25) is 0 Å². The van der Waals surface area contributed by atoms with Crippen LogP contribution < -0.4 is 4.74 Å². The molecule has 0 heterocycles. The average Bonchev–Trinajstić information content (AvgIpc) is 2.62. The summed E-state index contributed by atoms with van der Waals surface area (Å²) in [5.41, 5.74) is 2.16. The van der Waals surface area contributed by atoms with Crippen molar-refractivity contribution in [2.45, 2.75) is 0 Å². The molecule has 0 atom stereocenters. The highest BCUT2D eigenvalue weighted by molar-refractivity contribution is 5.92. The van der Waals surface area contributed by atoms with Crippen LogP contribution in [0.4, 0.5) is 8.78 Å². The largest absolute Gasteiger partial charge is 0.497 e. The van der Waals surface area contributed by atoms with Crippen LogP contribution in [0.1, 0.15) is 16.7 Å². The van der Waals surface area contributed by atoms with Gasteiger partial charge in [0.15, 0.2) is 0 Å². The molecule has 24 heavy (non-hydrogen) atoms. The predicted octanol–water partition coefficient (Wildman–Crippen LogP) is 5.56. The lowest BCUT2D eigenvalue weighted by molar-refractivity contribution is 0.414. The van der Waals surface area contributed by atoms with Gasteiger partial charge in [-0.1, -0.05) is 48.5 Å². The fourth-order valence-electron chi connectivity index (χ4n) is 2.53. The summed E-state index contributed by atoms with van der Waals surface area (Å²) in [4.78, 5) is 0. The lowest BCUT2D eigenvalue weighted by Crippen LogP contribution is -1.94. The average molecular weight is 322 g/mol. The Morgan fingerprint density at radius 1 is 0.833 bits per heavy atom. The van der Waals surface area contributed by atoms with Crippen molar-refractivity contribution in [3.8, 4) is 5.75 Å². The Kier molecular flexibility index (Phi) is 4.71. The third-order valence-electron chi connectivity index (χ3n) is 3.75. The van der Waals surface area contributed by atoms with Gasteiger partial charge in [-0.05, 0) is 41.5 Å². The van der Waals surface area contributed by atoms with Crippen molar-refractivity contribution in [1.29, 1.82) is 0 Å². The van der Waals surface area contributed by atoms with Crippen molar-refractivity contribution < 1.29 is 13.5 Å². The van der Waals surface area contributed by atoms with Gasteiger partial charge in [-0.15, -0.1) is 0 Å². The van der Waals surface area contributed by atoms with Gasteiger partial charge in [0.1, 0.15) is 17.4 Å². The SMILES string of the molecule is COc1cccc(/C(=C/c2ccccc2F)c2ccccc2F)c1. The van der Waals surface area contributed by atoms with Gasteiger partial charge in [0, 0.05) is 11.1 Å². The van der Waals surface area contributed by atoms with Crippen LogP contribution in [0, 0.1) is 11.6 Å². The Labute approximate surface area is 139 Å². The number of halogens is 2. The Morgan fingerprint density at radius 3 is 2.25 bits per heavy atom. The Morgan fingerprint density at radius 2 is 1.54 bits per heavy atom. The topological polar surface area (TPSA) is 9.23 Å². The normalized spacial score (nSPS) is 11.4. The summed E-state index contributed by atoms with van der Waals surface area (Å²) in [6.07, 6.45) is 1.66. The molecule has 0 aliphatic rings. The molecule has 0 aliphatic heterocycles. The summed E-state index contributed by atoms with van der Waals surface area (Å²) < 4.78 is 33.7. The highest BCUT2D eigenvalue weighted by Crippen LogP contribution is 2.30. The predicted molar refractivity (Wildman–Crippen MR) is 92.8 cm³/mol. The van der Waals surface area contributed by atoms with Crippen LogP contribution in [0.15, 0.2) is 72.8 Å². The maximum absolute atomic E-state index is 14.3. The van der Waals surface area contributed by atoms with Crippen molar-refractivity contribution >= 4 is 11.6 Å². The quantitative estimate of drug-likeness (QED) is 0.571. The summed E-state index contributed by atoms with van der Waals surface area (Å²) in [6, 6.07) is 20.2. The Hall–Kier alpha value is -2.94. The summed E-state index contributed by atoms with van der Waals surface area (Å²) >= 11 is 0. The summed E-state index contributed by atoms with van der Waals surface area (Å²) in [7, 11) is 1.57. The molecule has 3 heteroatoms. The minimum Gasteiger partial charge on any atom is -0.497 e. The first-order chi connectivity index (χ1) is 11.7. The molecule has 0 spiro atoms. The molecular weight excluding hydrogens is 306 g/mol. The molecule has 0 aliphatic carbocycles. The molecule has 1 nitrogen and oxygen atoms in total. The number of hydrogen-bond acceptors (Lipinski definition) is 1. The van der Waals surface area contributed by atoms with Gasteiger partial charge < -0.3 is 4.74 Å². The maximum atomic E-state index is 14.3. The molecule has 3 aromatic rings. The second-order valence-corrected chi connectivity index (χ2v) is 5.29. The van der Waals surface area contributed by atoms with E-state index < -0.39 is 0 Å². The first kappa shape index (κ1) is 15.9. The Balaban J connectivity index is 2.22. The monoisotopic (exact) mass is 322 g/mol. The van der Waals surface area contributed by atoms with Crippen LogP contribution in [-0.4, -0.2) is 7.11 Å². The van der Waals surface area contributed by atoms with Crippen LogP contribution in [0.5, 0.6) is 5.75 Å². The number of hydrogen-bond donors (Lipinski definition) is 0. The van der Waals surface area contributed by atoms with E-state index in [-0.39, 0.29) is 11.6 Å². The van der Waals surface area contributed by atoms with E-state index in [0.717, 1.165) is 5.56 Å². The molecule has 0 saturated heterocycles. The molecule has 0 aromatic heterocycles. The summed E-state index contributed by atoms with van der Waals surface area (Å²) in [5.74, 6) is -0.0552. The molecule has 3 aromatic carbocycles. The standard InChI is InChI=1S/C21H16F2O/c1-24-17-9-6-8-15(13-17)19(18-10-3-5-12-21(18)23)14-16-7-2-4-11-20(16)22/h2-14H,1H3/b19-14-. The van der Waals surface area contributed by atoms with Crippen LogP contribution in [0.25, 0.3) is 11.6 Å². The molecular formula is C21H16F2O.